The van der Waals surface area contributed by atoms with Gasteiger partial charge in [0.15, 0.2) is 0 Å². The summed E-state index contributed by atoms with van der Waals surface area (Å²) in [6, 6.07) is 0. The molecule has 2 aliphatic rings. The fourth-order valence-corrected chi connectivity index (χ4v) is 0.946. The Kier molecular flexibility index (Phi) is 45.4. The van der Waals surface area contributed by atoms with Crippen LogP contribution in [0.25, 0.3) is 0 Å². The SMILES string of the molecule is C1COCCO1.C1C[OH+]CC[OH+]1.O.O.O.O.[Mn+2].[O-][Cl+3]([O-])([O-])O. The second-order valence-corrected chi connectivity index (χ2v) is 3.75. The number of halogens is 1. The van der Waals surface area contributed by atoms with Crippen LogP contribution in [0.2, 0.25) is 0 Å². The average molecular weight is 406 g/mol. The molecule has 0 saturated carbocycles. The predicted octanol–water partition coefficient (Wildman–Crippen LogP) is -8.34. The van der Waals surface area contributed by atoms with E-state index in [1.54, 1.807) is 0 Å². The molecular formula is C8H27ClMnO12+4. The molecule has 0 atom stereocenters. The molecule has 0 aromatic carbocycles. The first-order valence-corrected chi connectivity index (χ1v) is 6.32. The van der Waals surface area contributed by atoms with Crippen LogP contribution in [0, 0.1) is 10.2 Å². The average Bonchev–Trinajstić information content (AvgIpc) is 2.32. The Hall–Kier alpha value is 0.329. The Morgan fingerprint density at radius 2 is 0.864 bits per heavy atom. The minimum absolute atomic E-state index is 0. The molecule has 11 N–H and O–H groups in total. The van der Waals surface area contributed by atoms with E-state index in [1.165, 1.54) is 0 Å². The van der Waals surface area contributed by atoms with Crippen LogP contribution in [-0.2, 0) is 26.5 Å². The maximum atomic E-state index is 8.60. The Morgan fingerprint density at radius 1 is 0.682 bits per heavy atom. The van der Waals surface area contributed by atoms with E-state index in [2.05, 4.69) is 9.47 Å². The van der Waals surface area contributed by atoms with Gasteiger partial charge in [0.05, 0.1) is 41.3 Å². The van der Waals surface area contributed by atoms with E-state index in [-0.39, 0.29) is 39.0 Å². The minimum Gasteiger partial charge on any atom is -0.422 e. The zero-order valence-corrected chi connectivity index (χ0v) is 13.7. The van der Waals surface area contributed by atoms with Crippen molar-refractivity contribution in [1.29, 1.82) is 0 Å². The number of aliphatic hydroxyl groups is 4. The van der Waals surface area contributed by atoms with Crippen LogP contribution >= 0.6 is 0 Å². The first kappa shape index (κ1) is 38.1. The van der Waals surface area contributed by atoms with Crippen LogP contribution in [0.15, 0.2) is 0 Å². The van der Waals surface area contributed by atoms with Crippen molar-refractivity contribution in [2.75, 3.05) is 52.9 Å². The van der Waals surface area contributed by atoms with Gasteiger partial charge in [-0.2, -0.15) is 14.0 Å². The molecule has 2 saturated heterocycles. The van der Waals surface area contributed by atoms with Crippen LogP contribution in [0.5, 0.6) is 0 Å². The normalized spacial score (nSPS) is 15.8. The van der Waals surface area contributed by atoms with E-state index in [9.17, 15) is 0 Å². The van der Waals surface area contributed by atoms with Crippen molar-refractivity contribution >= 4 is 0 Å². The molecule has 1 radical (unpaired) electrons. The maximum Gasteiger partial charge on any atom is 2.00 e. The molecule has 12 nitrogen and oxygen atoms in total. The van der Waals surface area contributed by atoms with Crippen molar-refractivity contribution in [3.8, 4) is 0 Å². The van der Waals surface area contributed by atoms with Crippen LogP contribution in [-0.4, -0.2) is 88.9 Å². The summed E-state index contributed by atoms with van der Waals surface area (Å²) in [5.74, 6) is 0. The smallest absolute Gasteiger partial charge is 0.422 e. The summed E-state index contributed by atoms with van der Waals surface area (Å²) >= 11 is 0. The van der Waals surface area contributed by atoms with Gasteiger partial charge in [-0.1, -0.05) is 0 Å². The van der Waals surface area contributed by atoms with Crippen molar-refractivity contribution in [1.82, 2.24) is 0 Å². The van der Waals surface area contributed by atoms with Gasteiger partial charge < -0.3 is 40.9 Å². The molecular weight excluding hydrogens is 378 g/mol. The third kappa shape index (κ3) is 50.0. The monoisotopic (exact) mass is 405 g/mol. The van der Waals surface area contributed by atoms with Crippen molar-refractivity contribution in [3.05, 3.63) is 0 Å². The molecule has 0 unspecified atom stereocenters. The van der Waals surface area contributed by atoms with E-state index in [0.29, 0.717) is 0 Å². The fourth-order valence-electron chi connectivity index (χ4n) is 0.946. The van der Waals surface area contributed by atoms with Gasteiger partial charge >= 0.3 is 17.1 Å². The first-order valence-electron chi connectivity index (χ1n) is 5.05. The third-order valence-corrected chi connectivity index (χ3v) is 1.58. The molecule has 2 aliphatic heterocycles. The largest absolute Gasteiger partial charge is 2.00 e. The van der Waals surface area contributed by atoms with Gasteiger partial charge in [0.25, 0.3) is 0 Å². The molecule has 141 valence electrons. The molecule has 0 aromatic heterocycles. The Labute approximate surface area is 140 Å². The molecule has 0 aliphatic carbocycles. The second-order valence-electron chi connectivity index (χ2n) is 2.96. The summed E-state index contributed by atoms with van der Waals surface area (Å²) in [7, 11) is -4.69. The van der Waals surface area contributed by atoms with Crippen LogP contribution in [0.4, 0.5) is 0 Å². The number of hydrogen-bond acceptors (Lipinski definition) is 6. The summed E-state index contributed by atoms with van der Waals surface area (Å²) in [6.07, 6.45) is 0. The predicted molar refractivity (Wildman–Crippen MR) is 62.2 cm³/mol. The van der Waals surface area contributed by atoms with Crippen LogP contribution in [0.3, 0.4) is 0 Å². The summed E-state index contributed by atoms with van der Waals surface area (Å²) < 4.78 is 50.8. The van der Waals surface area contributed by atoms with E-state index >= 15 is 0 Å². The molecule has 14 heteroatoms. The van der Waals surface area contributed by atoms with E-state index in [0.717, 1.165) is 52.9 Å². The number of hydrogen-bond donors (Lipinski definition) is 1. The second kappa shape index (κ2) is 26.2. The van der Waals surface area contributed by atoms with Crippen LogP contribution < -0.4 is 14.0 Å². The molecule has 22 heavy (non-hydrogen) atoms. The topological polar surface area (TPSA) is 259 Å². The van der Waals surface area contributed by atoms with Crippen molar-refractivity contribution in [2.45, 2.75) is 0 Å². The summed E-state index contributed by atoms with van der Waals surface area (Å²) in [5, 5.41) is 0. The van der Waals surface area contributed by atoms with Gasteiger partial charge in [-0.15, -0.1) is 0 Å². The summed E-state index contributed by atoms with van der Waals surface area (Å²) in [4.78, 5) is 0. The third-order valence-electron chi connectivity index (χ3n) is 1.58. The zero-order valence-electron chi connectivity index (χ0n) is 11.8. The van der Waals surface area contributed by atoms with Gasteiger partial charge in [-0.25, -0.2) is 0 Å². The molecule has 0 aromatic rings. The van der Waals surface area contributed by atoms with E-state index in [1.807, 2.05) is 0 Å². The maximum absolute atomic E-state index is 8.60. The van der Waals surface area contributed by atoms with Gasteiger partial charge in [0, 0.05) is 0 Å². The van der Waals surface area contributed by atoms with Gasteiger partial charge in [0.2, 0.25) is 26.4 Å². The Morgan fingerprint density at radius 3 is 0.955 bits per heavy atom. The molecule has 0 spiro atoms. The fraction of sp³-hybridized carbons (Fsp3) is 1.00. The van der Waals surface area contributed by atoms with E-state index in [4.69, 9.17) is 28.1 Å². The van der Waals surface area contributed by atoms with Gasteiger partial charge in [-0.05, 0) is 0 Å². The van der Waals surface area contributed by atoms with Crippen molar-refractivity contribution in [3.63, 3.8) is 0 Å². The summed E-state index contributed by atoms with van der Waals surface area (Å²) in [5.41, 5.74) is 0. The molecule has 2 fully saturated rings. The minimum atomic E-state index is -4.69. The molecule has 0 bridgehead atoms. The first-order chi connectivity index (χ1) is 8.00. The zero-order chi connectivity index (χ0) is 13.0. The Balaban J connectivity index is -0.0000000394. The van der Waals surface area contributed by atoms with Crippen molar-refractivity contribution in [2.24, 2.45) is 0 Å². The van der Waals surface area contributed by atoms with Crippen LogP contribution in [0.1, 0.15) is 0 Å². The quantitative estimate of drug-likeness (QED) is 0.301. The van der Waals surface area contributed by atoms with Crippen molar-refractivity contribution < 1.29 is 86.8 Å². The summed E-state index contributed by atoms with van der Waals surface area (Å²) in [6.45, 7) is 6.94. The standard InChI is InChI=1S/2C4H8O2.ClHO4.Mn.4H2O/c2*1-2-6-4-3-5-1;2-1(3,4)5;;;;;/h2*1-4H2;(H,2,3,4,5);;4*1H2/q;;;+2;;;;/p+2. The molecule has 0 amide bonds. The molecule has 2 rings (SSSR count). The van der Waals surface area contributed by atoms with E-state index < -0.39 is 10.2 Å². The number of rotatable bonds is 0. The molecule has 2 heterocycles. The van der Waals surface area contributed by atoms with Gasteiger partial charge in [-0.3, -0.25) is 0 Å². The Bertz CT molecular complexity index is 123. The number of ether oxygens (including phenoxy) is 4. The van der Waals surface area contributed by atoms with Gasteiger partial charge in [0.1, 0.15) is 0 Å².